The van der Waals surface area contributed by atoms with Crippen LogP contribution in [0.1, 0.15) is 65.7 Å². The molecule has 20 heavy (non-hydrogen) atoms. The molecule has 4 nitrogen and oxygen atoms in total. The van der Waals surface area contributed by atoms with Gasteiger partial charge in [-0.25, -0.2) is 0 Å². The average Bonchev–Trinajstić information content (AvgIpc) is 2.44. The van der Waals surface area contributed by atoms with Crippen LogP contribution in [0, 0.1) is 0 Å². The summed E-state index contributed by atoms with van der Waals surface area (Å²) in [6, 6.07) is 0. The minimum Gasteiger partial charge on any atom is -0.466 e. The Balaban J connectivity index is 4.13. The lowest BCUT2D eigenvalue weighted by Crippen LogP contribution is -2.10. The summed E-state index contributed by atoms with van der Waals surface area (Å²) in [5, 5.41) is 0. The van der Waals surface area contributed by atoms with Gasteiger partial charge in [-0.1, -0.05) is 40.0 Å². The van der Waals surface area contributed by atoms with E-state index in [0.717, 1.165) is 38.5 Å². The molecule has 120 valence electrons. The summed E-state index contributed by atoms with van der Waals surface area (Å²) < 4.78 is 23.3. The van der Waals surface area contributed by atoms with Crippen molar-refractivity contribution in [1.29, 1.82) is 0 Å². The summed E-state index contributed by atoms with van der Waals surface area (Å²) in [5.41, 5.74) is 0. The quantitative estimate of drug-likeness (QED) is 0.283. The molecule has 1 unspecified atom stereocenters. The lowest BCUT2D eigenvalue weighted by molar-refractivity contribution is -0.143. The largest absolute Gasteiger partial charge is 0.466 e. The molecule has 0 aromatic rings. The van der Waals surface area contributed by atoms with Crippen LogP contribution >= 0.6 is 7.37 Å². The van der Waals surface area contributed by atoms with Crippen LogP contribution in [0.2, 0.25) is 0 Å². The van der Waals surface area contributed by atoms with Crippen LogP contribution in [0.3, 0.4) is 0 Å². The molecule has 0 heterocycles. The van der Waals surface area contributed by atoms with Crippen molar-refractivity contribution < 1.29 is 18.6 Å². The van der Waals surface area contributed by atoms with Gasteiger partial charge in [0.2, 0.25) is 7.37 Å². The highest BCUT2D eigenvalue weighted by molar-refractivity contribution is 7.59. The zero-order valence-electron chi connectivity index (χ0n) is 13.4. The van der Waals surface area contributed by atoms with Gasteiger partial charge in [0, 0.05) is 12.3 Å². The summed E-state index contributed by atoms with van der Waals surface area (Å²) in [7, 11) is -2.66. The third-order valence-corrected chi connectivity index (χ3v) is 5.65. The SMILES string of the molecule is CCCCOC(=O)CCP(=O)(CCCC)OCCCC. The summed E-state index contributed by atoms with van der Waals surface area (Å²) in [5.74, 6) is -0.255. The zero-order valence-corrected chi connectivity index (χ0v) is 14.3. The van der Waals surface area contributed by atoms with Crippen molar-refractivity contribution in [2.45, 2.75) is 65.7 Å². The Morgan fingerprint density at radius 1 is 0.900 bits per heavy atom. The van der Waals surface area contributed by atoms with Gasteiger partial charge in [0.1, 0.15) is 0 Å². The summed E-state index contributed by atoms with van der Waals surface area (Å²) in [6.07, 6.45) is 6.79. The number of carbonyl (C=O) groups is 1. The number of hydrogen-bond acceptors (Lipinski definition) is 4. The second-order valence-electron chi connectivity index (χ2n) is 5.13. The molecule has 0 aromatic heterocycles. The molecule has 0 spiro atoms. The van der Waals surface area contributed by atoms with Gasteiger partial charge in [0.25, 0.3) is 0 Å². The molecular weight excluding hydrogens is 275 g/mol. The lowest BCUT2D eigenvalue weighted by atomic mass is 10.4. The smallest absolute Gasteiger partial charge is 0.306 e. The van der Waals surface area contributed by atoms with E-state index in [9.17, 15) is 9.36 Å². The van der Waals surface area contributed by atoms with E-state index < -0.39 is 7.37 Å². The van der Waals surface area contributed by atoms with E-state index in [1.807, 2.05) is 6.92 Å². The molecule has 1 atom stereocenters. The molecule has 0 saturated heterocycles. The predicted octanol–water partition coefficient (Wildman–Crippen LogP) is 4.61. The van der Waals surface area contributed by atoms with Gasteiger partial charge in [0.05, 0.1) is 19.6 Å². The van der Waals surface area contributed by atoms with Crippen LogP contribution < -0.4 is 0 Å². The second-order valence-corrected chi connectivity index (χ2v) is 7.91. The normalized spacial score (nSPS) is 13.9. The highest BCUT2D eigenvalue weighted by Gasteiger charge is 2.23. The Morgan fingerprint density at radius 3 is 2.10 bits per heavy atom. The molecule has 0 N–H and O–H groups in total. The molecule has 0 aliphatic heterocycles. The van der Waals surface area contributed by atoms with Crippen molar-refractivity contribution >= 4 is 13.3 Å². The summed E-state index contributed by atoms with van der Waals surface area (Å²) >= 11 is 0. The molecule has 0 rings (SSSR count). The van der Waals surface area contributed by atoms with Gasteiger partial charge in [-0.15, -0.1) is 0 Å². The first-order chi connectivity index (χ1) is 9.58. The Morgan fingerprint density at radius 2 is 1.50 bits per heavy atom. The van der Waals surface area contributed by atoms with E-state index in [4.69, 9.17) is 9.26 Å². The molecule has 0 radical (unpaired) electrons. The standard InChI is InChI=1S/C15H31O4P/c1-4-7-11-18-15(16)10-14-20(17,13-9-6-3)19-12-8-5-2/h4-14H2,1-3H3. The monoisotopic (exact) mass is 306 g/mol. The number of rotatable bonds is 13. The summed E-state index contributed by atoms with van der Waals surface area (Å²) in [4.78, 5) is 11.6. The van der Waals surface area contributed by atoms with Gasteiger partial charge in [0.15, 0.2) is 0 Å². The van der Waals surface area contributed by atoms with E-state index >= 15 is 0 Å². The Kier molecular flexibility index (Phi) is 12.2. The minimum atomic E-state index is -2.66. The molecule has 0 bridgehead atoms. The lowest BCUT2D eigenvalue weighted by Gasteiger charge is -2.18. The highest BCUT2D eigenvalue weighted by Crippen LogP contribution is 2.48. The predicted molar refractivity (Wildman–Crippen MR) is 83.6 cm³/mol. The molecule has 0 saturated carbocycles. The van der Waals surface area contributed by atoms with Crippen molar-refractivity contribution in [2.24, 2.45) is 0 Å². The van der Waals surface area contributed by atoms with E-state index in [1.54, 1.807) is 0 Å². The fourth-order valence-corrected chi connectivity index (χ4v) is 3.94. The minimum absolute atomic E-state index is 0.205. The van der Waals surface area contributed by atoms with E-state index in [-0.39, 0.29) is 12.4 Å². The third kappa shape index (κ3) is 10.4. The van der Waals surface area contributed by atoms with Crippen LogP contribution in [0.25, 0.3) is 0 Å². The Hall–Kier alpha value is -0.340. The first-order valence-electron chi connectivity index (χ1n) is 7.96. The van der Waals surface area contributed by atoms with Crippen molar-refractivity contribution in [3.8, 4) is 0 Å². The number of hydrogen-bond donors (Lipinski definition) is 0. The molecule has 0 aromatic carbocycles. The van der Waals surface area contributed by atoms with Gasteiger partial charge >= 0.3 is 5.97 Å². The first kappa shape index (κ1) is 19.7. The van der Waals surface area contributed by atoms with Gasteiger partial charge in [-0.05, 0) is 19.3 Å². The maximum absolute atomic E-state index is 12.7. The maximum atomic E-state index is 12.7. The van der Waals surface area contributed by atoms with Crippen LogP contribution in [0.4, 0.5) is 0 Å². The van der Waals surface area contributed by atoms with E-state index in [0.29, 0.717) is 25.5 Å². The average molecular weight is 306 g/mol. The van der Waals surface area contributed by atoms with Gasteiger partial charge < -0.3 is 9.26 Å². The number of ether oxygens (including phenoxy) is 1. The molecule has 5 heteroatoms. The van der Waals surface area contributed by atoms with Crippen LogP contribution in [0.5, 0.6) is 0 Å². The maximum Gasteiger partial charge on any atom is 0.306 e. The van der Waals surface area contributed by atoms with E-state index in [1.165, 1.54) is 0 Å². The second kappa shape index (κ2) is 12.4. The summed E-state index contributed by atoms with van der Waals surface area (Å²) in [6.45, 7) is 7.18. The highest BCUT2D eigenvalue weighted by atomic mass is 31.2. The van der Waals surface area contributed by atoms with Gasteiger partial charge in [-0.2, -0.15) is 0 Å². The molecule has 0 fully saturated rings. The zero-order chi connectivity index (χ0) is 15.3. The van der Waals surface area contributed by atoms with Crippen LogP contribution in [-0.2, 0) is 18.6 Å². The molecular formula is C15H31O4P. The molecule has 0 amide bonds. The van der Waals surface area contributed by atoms with Crippen molar-refractivity contribution in [3.05, 3.63) is 0 Å². The first-order valence-corrected chi connectivity index (χ1v) is 9.95. The van der Waals surface area contributed by atoms with Crippen LogP contribution in [0.15, 0.2) is 0 Å². The van der Waals surface area contributed by atoms with Crippen molar-refractivity contribution in [2.75, 3.05) is 25.5 Å². The van der Waals surface area contributed by atoms with Crippen molar-refractivity contribution in [1.82, 2.24) is 0 Å². The van der Waals surface area contributed by atoms with Crippen molar-refractivity contribution in [3.63, 3.8) is 0 Å². The number of unbranched alkanes of at least 4 members (excludes halogenated alkanes) is 3. The third-order valence-electron chi connectivity index (χ3n) is 3.09. The Labute approximate surface area is 124 Å². The number of esters is 1. The fraction of sp³-hybridized carbons (Fsp3) is 0.933. The molecule has 0 aliphatic rings. The van der Waals surface area contributed by atoms with Crippen LogP contribution in [-0.4, -0.2) is 31.5 Å². The van der Waals surface area contributed by atoms with Gasteiger partial charge in [-0.3, -0.25) is 9.36 Å². The topological polar surface area (TPSA) is 52.6 Å². The Bertz CT molecular complexity index is 292. The van der Waals surface area contributed by atoms with E-state index in [2.05, 4.69) is 13.8 Å². The molecule has 0 aliphatic carbocycles. The fourth-order valence-electron chi connectivity index (χ4n) is 1.68. The number of carbonyl (C=O) groups excluding carboxylic acids is 1.